The monoisotopic (exact) mass is 223 g/mol. The van der Waals surface area contributed by atoms with Gasteiger partial charge in [0.2, 0.25) is 0 Å². The van der Waals surface area contributed by atoms with Gasteiger partial charge in [0.15, 0.2) is 0 Å². The zero-order valence-electron chi connectivity index (χ0n) is 10.1. The van der Waals surface area contributed by atoms with E-state index in [9.17, 15) is 0 Å². The number of hydrogen-bond acceptors (Lipinski definition) is 4. The summed E-state index contributed by atoms with van der Waals surface area (Å²) in [5.41, 5.74) is 7.73. The van der Waals surface area contributed by atoms with Crippen LogP contribution in [0.15, 0.2) is 18.3 Å². The van der Waals surface area contributed by atoms with Gasteiger partial charge in [0.25, 0.3) is 0 Å². The summed E-state index contributed by atoms with van der Waals surface area (Å²) in [6.07, 6.45) is 2.63. The third kappa shape index (κ3) is 3.47. The minimum atomic E-state index is -0.0263. The van der Waals surface area contributed by atoms with E-state index in [2.05, 4.69) is 16.8 Å². The van der Waals surface area contributed by atoms with Crippen molar-refractivity contribution in [2.24, 2.45) is 5.73 Å². The van der Waals surface area contributed by atoms with E-state index in [0.717, 1.165) is 30.9 Å². The first-order valence-electron chi connectivity index (χ1n) is 5.76. The van der Waals surface area contributed by atoms with Crippen molar-refractivity contribution in [1.29, 1.82) is 0 Å². The molecular formula is C12H21N3O. The molecule has 1 atom stereocenters. The molecule has 0 saturated carbocycles. The van der Waals surface area contributed by atoms with Gasteiger partial charge in [-0.1, -0.05) is 0 Å². The molecule has 0 spiro atoms. The average molecular weight is 223 g/mol. The first kappa shape index (κ1) is 12.9. The Morgan fingerprint density at radius 3 is 2.69 bits per heavy atom. The minimum absolute atomic E-state index is 0.0263. The standard InChI is InChI=1S/C12H21N3O/c1-3-15(7-4-8-16)11-5-6-12(10(2)13)14-9-11/h5-6,9-10,16H,3-4,7-8,13H2,1-2H3/t10-/m1/s1. The molecule has 0 aromatic carbocycles. The van der Waals surface area contributed by atoms with Crippen LogP contribution in [0.4, 0.5) is 5.69 Å². The lowest BCUT2D eigenvalue weighted by Crippen LogP contribution is -2.24. The molecule has 1 aromatic heterocycles. The molecule has 90 valence electrons. The molecule has 1 heterocycles. The van der Waals surface area contributed by atoms with Crippen LogP contribution >= 0.6 is 0 Å². The smallest absolute Gasteiger partial charge is 0.0569 e. The lowest BCUT2D eigenvalue weighted by Gasteiger charge is -2.22. The number of aliphatic hydroxyl groups excluding tert-OH is 1. The van der Waals surface area contributed by atoms with Crippen molar-refractivity contribution in [3.63, 3.8) is 0 Å². The molecule has 0 aliphatic rings. The Bertz CT molecular complexity index is 298. The number of rotatable bonds is 6. The number of nitrogens with two attached hydrogens (primary N) is 1. The third-order valence-electron chi connectivity index (χ3n) is 2.57. The summed E-state index contributed by atoms with van der Waals surface area (Å²) >= 11 is 0. The normalized spacial score (nSPS) is 12.5. The Kier molecular flexibility index (Phi) is 5.22. The van der Waals surface area contributed by atoms with Crippen LogP contribution in [0.5, 0.6) is 0 Å². The van der Waals surface area contributed by atoms with Crippen LogP contribution in [0.3, 0.4) is 0 Å². The van der Waals surface area contributed by atoms with Crippen molar-refractivity contribution in [2.75, 3.05) is 24.6 Å². The van der Waals surface area contributed by atoms with Gasteiger partial charge in [-0.05, 0) is 32.4 Å². The second kappa shape index (κ2) is 6.45. The molecule has 1 rings (SSSR count). The maximum absolute atomic E-state index is 8.82. The number of aromatic nitrogens is 1. The Morgan fingerprint density at radius 2 is 2.25 bits per heavy atom. The van der Waals surface area contributed by atoms with Crippen LogP contribution in [-0.2, 0) is 0 Å². The molecule has 4 nitrogen and oxygen atoms in total. The number of hydrogen-bond donors (Lipinski definition) is 2. The summed E-state index contributed by atoms with van der Waals surface area (Å²) in [5, 5.41) is 8.82. The highest BCUT2D eigenvalue weighted by Gasteiger charge is 2.05. The lowest BCUT2D eigenvalue weighted by molar-refractivity contribution is 0.289. The second-order valence-electron chi connectivity index (χ2n) is 3.89. The highest BCUT2D eigenvalue weighted by atomic mass is 16.3. The molecule has 0 fully saturated rings. The highest BCUT2D eigenvalue weighted by molar-refractivity contribution is 5.44. The van der Waals surface area contributed by atoms with E-state index in [4.69, 9.17) is 10.8 Å². The van der Waals surface area contributed by atoms with E-state index in [0.29, 0.717) is 0 Å². The Balaban J connectivity index is 2.70. The molecule has 0 aliphatic carbocycles. The van der Waals surface area contributed by atoms with Gasteiger partial charge >= 0.3 is 0 Å². The van der Waals surface area contributed by atoms with E-state index in [-0.39, 0.29) is 12.6 Å². The Hall–Kier alpha value is -1.13. The van der Waals surface area contributed by atoms with Crippen LogP contribution < -0.4 is 10.6 Å². The van der Waals surface area contributed by atoms with E-state index < -0.39 is 0 Å². The van der Waals surface area contributed by atoms with Crippen LogP contribution in [0.1, 0.15) is 32.0 Å². The number of aliphatic hydroxyl groups is 1. The summed E-state index contributed by atoms with van der Waals surface area (Å²) in [4.78, 5) is 6.51. The fraction of sp³-hybridized carbons (Fsp3) is 0.583. The van der Waals surface area contributed by atoms with Gasteiger partial charge in [-0.25, -0.2) is 0 Å². The van der Waals surface area contributed by atoms with E-state index in [1.54, 1.807) is 0 Å². The van der Waals surface area contributed by atoms with E-state index >= 15 is 0 Å². The molecule has 0 radical (unpaired) electrons. The maximum atomic E-state index is 8.82. The molecule has 4 heteroatoms. The van der Waals surface area contributed by atoms with E-state index in [1.807, 2.05) is 25.3 Å². The van der Waals surface area contributed by atoms with Gasteiger partial charge < -0.3 is 15.7 Å². The van der Waals surface area contributed by atoms with Crippen molar-refractivity contribution in [3.8, 4) is 0 Å². The Morgan fingerprint density at radius 1 is 1.50 bits per heavy atom. The molecule has 0 aliphatic heterocycles. The summed E-state index contributed by atoms with van der Waals surface area (Å²) in [6, 6.07) is 3.97. The zero-order valence-corrected chi connectivity index (χ0v) is 10.1. The highest BCUT2D eigenvalue weighted by Crippen LogP contribution is 2.15. The molecule has 1 aromatic rings. The topological polar surface area (TPSA) is 62.4 Å². The maximum Gasteiger partial charge on any atom is 0.0569 e. The van der Waals surface area contributed by atoms with Gasteiger partial charge in [-0.2, -0.15) is 0 Å². The van der Waals surface area contributed by atoms with Gasteiger partial charge in [-0.3, -0.25) is 4.98 Å². The van der Waals surface area contributed by atoms with E-state index in [1.165, 1.54) is 0 Å². The third-order valence-corrected chi connectivity index (χ3v) is 2.57. The zero-order chi connectivity index (χ0) is 12.0. The van der Waals surface area contributed by atoms with Crippen molar-refractivity contribution >= 4 is 5.69 Å². The van der Waals surface area contributed by atoms with Gasteiger partial charge in [0.05, 0.1) is 17.6 Å². The Labute approximate surface area is 97.1 Å². The minimum Gasteiger partial charge on any atom is -0.396 e. The summed E-state index contributed by atoms with van der Waals surface area (Å²) in [6.45, 7) is 6.01. The van der Waals surface area contributed by atoms with Crippen LogP contribution in [-0.4, -0.2) is 29.8 Å². The average Bonchev–Trinajstić information content (AvgIpc) is 2.30. The van der Waals surface area contributed by atoms with Crippen LogP contribution in [0, 0.1) is 0 Å². The van der Waals surface area contributed by atoms with Crippen molar-refractivity contribution in [1.82, 2.24) is 4.98 Å². The number of nitrogens with zero attached hydrogens (tertiary/aromatic N) is 2. The van der Waals surface area contributed by atoms with Crippen molar-refractivity contribution in [2.45, 2.75) is 26.3 Å². The molecule has 3 N–H and O–H groups in total. The molecule has 0 amide bonds. The molecule has 0 bridgehead atoms. The molecular weight excluding hydrogens is 202 g/mol. The largest absolute Gasteiger partial charge is 0.396 e. The first-order chi connectivity index (χ1) is 7.69. The van der Waals surface area contributed by atoms with Gasteiger partial charge in [0.1, 0.15) is 0 Å². The lowest BCUT2D eigenvalue weighted by atomic mass is 10.2. The SMILES string of the molecule is CCN(CCCO)c1ccc([C@@H](C)N)nc1. The molecule has 0 saturated heterocycles. The molecule has 0 unspecified atom stereocenters. The predicted octanol–water partition coefficient (Wildman–Crippen LogP) is 1.31. The number of pyridine rings is 1. The first-order valence-corrected chi connectivity index (χ1v) is 5.76. The fourth-order valence-corrected chi connectivity index (χ4v) is 1.59. The van der Waals surface area contributed by atoms with Gasteiger partial charge in [-0.15, -0.1) is 0 Å². The predicted molar refractivity (Wildman–Crippen MR) is 66.4 cm³/mol. The summed E-state index contributed by atoms with van der Waals surface area (Å²) < 4.78 is 0. The van der Waals surface area contributed by atoms with Crippen LogP contribution in [0.2, 0.25) is 0 Å². The quantitative estimate of drug-likeness (QED) is 0.763. The van der Waals surface area contributed by atoms with Crippen LogP contribution in [0.25, 0.3) is 0 Å². The fourth-order valence-electron chi connectivity index (χ4n) is 1.59. The van der Waals surface area contributed by atoms with Gasteiger partial charge in [0, 0.05) is 25.7 Å². The second-order valence-corrected chi connectivity index (χ2v) is 3.89. The summed E-state index contributed by atoms with van der Waals surface area (Å²) in [5.74, 6) is 0. The molecule has 16 heavy (non-hydrogen) atoms. The summed E-state index contributed by atoms with van der Waals surface area (Å²) in [7, 11) is 0. The number of anilines is 1. The van der Waals surface area contributed by atoms with Crippen molar-refractivity contribution in [3.05, 3.63) is 24.0 Å². The van der Waals surface area contributed by atoms with Crippen molar-refractivity contribution < 1.29 is 5.11 Å².